The van der Waals surface area contributed by atoms with Gasteiger partial charge in [0.05, 0.1) is 11.2 Å². The Bertz CT molecular complexity index is 1790. The second-order valence-corrected chi connectivity index (χ2v) is 11.2. The fourth-order valence-corrected chi connectivity index (χ4v) is 5.10. The maximum absolute atomic E-state index is 6.43. The Hall–Kier alpha value is -4.33. The molecule has 0 bridgehead atoms. The van der Waals surface area contributed by atoms with Crippen molar-refractivity contribution in [3.05, 3.63) is 97.1 Å². The minimum absolute atomic E-state index is 0.477. The van der Waals surface area contributed by atoms with Crippen LogP contribution in [0.5, 0.6) is 0 Å². The van der Waals surface area contributed by atoms with E-state index < -0.39 is 18.3 Å². The Labute approximate surface area is 233 Å². The molecule has 0 spiro atoms. The van der Waals surface area contributed by atoms with Gasteiger partial charge in [0, 0.05) is 27.5 Å². The lowest BCUT2D eigenvalue weighted by atomic mass is 9.77. The number of benzene rings is 4. The molecule has 1 aliphatic rings. The number of nitrogens with zero attached hydrogens (tertiary/aromatic N) is 3. The monoisotopic (exact) mass is 525 g/mol. The predicted molar refractivity (Wildman–Crippen MR) is 159 cm³/mol. The molecule has 7 rings (SSSR count). The molecule has 40 heavy (non-hydrogen) atoms. The van der Waals surface area contributed by atoms with E-state index in [2.05, 4.69) is 39.8 Å². The molecule has 1 saturated heterocycles. The zero-order valence-electron chi connectivity index (χ0n) is 22.9. The molecule has 7 heteroatoms. The summed E-state index contributed by atoms with van der Waals surface area (Å²) in [5.74, 6) is 1.76. The SMILES string of the molecule is CC1(C)OB(c2cc(-c3nc(-c4ccccc4)nc(-c4ccccc4)n3)c3c(c2)oc2ccccc23)OC1(C)C. The summed E-state index contributed by atoms with van der Waals surface area (Å²) in [7, 11) is -0.564. The van der Waals surface area contributed by atoms with E-state index in [1.165, 1.54) is 0 Å². The lowest BCUT2D eigenvalue weighted by Crippen LogP contribution is -2.41. The minimum Gasteiger partial charge on any atom is -0.456 e. The summed E-state index contributed by atoms with van der Waals surface area (Å²) in [5.41, 5.74) is 4.09. The Balaban J connectivity index is 1.50. The van der Waals surface area contributed by atoms with Gasteiger partial charge in [0.2, 0.25) is 0 Å². The number of aromatic nitrogens is 3. The normalized spacial score (nSPS) is 16.1. The zero-order valence-corrected chi connectivity index (χ0v) is 22.9. The van der Waals surface area contributed by atoms with Gasteiger partial charge in [0.1, 0.15) is 11.2 Å². The summed E-state index contributed by atoms with van der Waals surface area (Å²) >= 11 is 0. The van der Waals surface area contributed by atoms with Crippen LogP contribution < -0.4 is 5.46 Å². The average molecular weight is 525 g/mol. The van der Waals surface area contributed by atoms with Gasteiger partial charge >= 0.3 is 7.12 Å². The molecule has 196 valence electrons. The van der Waals surface area contributed by atoms with Crippen molar-refractivity contribution in [2.24, 2.45) is 0 Å². The Morgan fingerprint density at radius 3 is 1.70 bits per heavy atom. The van der Waals surface area contributed by atoms with E-state index in [0.29, 0.717) is 17.5 Å². The molecule has 2 aromatic heterocycles. The molecule has 0 aliphatic carbocycles. The van der Waals surface area contributed by atoms with E-state index in [4.69, 9.17) is 28.7 Å². The van der Waals surface area contributed by atoms with Gasteiger partial charge in [-0.05, 0) is 45.3 Å². The Morgan fingerprint density at radius 1 is 0.575 bits per heavy atom. The molecule has 6 aromatic rings. The number of rotatable bonds is 4. The molecule has 4 aromatic carbocycles. The van der Waals surface area contributed by atoms with Gasteiger partial charge in [0.15, 0.2) is 17.5 Å². The van der Waals surface area contributed by atoms with Crippen molar-refractivity contribution in [1.29, 1.82) is 0 Å². The van der Waals surface area contributed by atoms with Crippen LogP contribution in [-0.4, -0.2) is 33.3 Å². The highest BCUT2D eigenvalue weighted by Crippen LogP contribution is 2.39. The molecular formula is C33H28BN3O3. The second-order valence-electron chi connectivity index (χ2n) is 11.2. The van der Waals surface area contributed by atoms with Crippen molar-refractivity contribution >= 4 is 34.5 Å². The molecule has 0 atom stereocenters. The van der Waals surface area contributed by atoms with Crippen molar-refractivity contribution in [3.63, 3.8) is 0 Å². The fraction of sp³-hybridized carbons (Fsp3) is 0.182. The van der Waals surface area contributed by atoms with Crippen LogP contribution in [0.2, 0.25) is 0 Å². The quantitative estimate of drug-likeness (QED) is 0.229. The molecule has 0 saturated carbocycles. The van der Waals surface area contributed by atoms with Crippen LogP contribution in [0.3, 0.4) is 0 Å². The average Bonchev–Trinajstić information content (AvgIpc) is 3.45. The minimum atomic E-state index is -0.564. The molecule has 3 heterocycles. The topological polar surface area (TPSA) is 70.3 Å². The van der Waals surface area contributed by atoms with Crippen LogP contribution in [0.15, 0.2) is 101 Å². The van der Waals surface area contributed by atoms with E-state index in [-0.39, 0.29) is 0 Å². The van der Waals surface area contributed by atoms with Gasteiger partial charge < -0.3 is 13.7 Å². The first kappa shape index (κ1) is 24.7. The van der Waals surface area contributed by atoms with Crippen LogP contribution in [-0.2, 0) is 9.31 Å². The van der Waals surface area contributed by atoms with Gasteiger partial charge in [0.25, 0.3) is 0 Å². The summed E-state index contributed by atoms with van der Waals surface area (Å²) in [6.45, 7) is 8.21. The highest BCUT2D eigenvalue weighted by atomic mass is 16.7. The van der Waals surface area contributed by atoms with Crippen LogP contribution >= 0.6 is 0 Å². The third-order valence-electron chi connectivity index (χ3n) is 7.97. The molecule has 0 amide bonds. The maximum atomic E-state index is 6.43. The number of hydrogen-bond acceptors (Lipinski definition) is 6. The van der Waals surface area contributed by atoms with Crippen molar-refractivity contribution in [2.45, 2.75) is 38.9 Å². The highest BCUT2D eigenvalue weighted by Gasteiger charge is 2.52. The smallest absolute Gasteiger partial charge is 0.456 e. The Kier molecular flexibility index (Phi) is 5.63. The molecule has 0 unspecified atom stereocenters. The first-order valence-corrected chi connectivity index (χ1v) is 13.5. The first-order valence-electron chi connectivity index (χ1n) is 13.5. The molecule has 6 nitrogen and oxygen atoms in total. The predicted octanol–water partition coefficient (Wildman–Crippen LogP) is 7.07. The summed E-state index contributed by atoms with van der Waals surface area (Å²) in [6.07, 6.45) is 0. The van der Waals surface area contributed by atoms with Crippen molar-refractivity contribution in [1.82, 2.24) is 15.0 Å². The number of hydrogen-bond donors (Lipinski definition) is 0. The molecule has 0 N–H and O–H groups in total. The van der Waals surface area contributed by atoms with Crippen LogP contribution in [0.1, 0.15) is 27.7 Å². The van der Waals surface area contributed by atoms with Crippen LogP contribution in [0, 0.1) is 0 Å². The van der Waals surface area contributed by atoms with Gasteiger partial charge in [-0.25, -0.2) is 15.0 Å². The number of para-hydroxylation sites is 1. The third-order valence-corrected chi connectivity index (χ3v) is 7.97. The Morgan fingerprint density at radius 2 is 1.10 bits per heavy atom. The summed E-state index contributed by atoms with van der Waals surface area (Å²) in [6, 6.07) is 32.1. The van der Waals surface area contributed by atoms with Crippen molar-refractivity contribution in [2.75, 3.05) is 0 Å². The largest absolute Gasteiger partial charge is 0.494 e. The van der Waals surface area contributed by atoms with E-state index in [1.54, 1.807) is 0 Å². The number of fused-ring (bicyclic) bond motifs is 3. The summed E-state index contributed by atoms with van der Waals surface area (Å²) in [5, 5.41) is 1.94. The van der Waals surface area contributed by atoms with Gasteiger partial charge in [-0.3, -0.25) is 0 Å². The summed E-state index contributed by atoms with van der Waals surface area (Å²) < 4.78 is 19.2. The lowest BCUT2D eigenvalue weighted by molar-refractivity contribution is 0.00578. The third kappa shape index (κ3) is 4.10. The van der Waals surface area contributed by atoms with Gasteiger partial charge in [-0.1, -0.05) is 84.9 Å². The maximum Gasteiger partial charge on any atom is 0.494 e. The molecule has 0 radical (unpaired) electrons. The van der Waals surface area contributed by atoms with Crippen LogP contribution in [0.25, 0.3) is 56.1 Å². The first-order chi connectivity index (χ1) is 19.3. The van der Waals surface area contributed by atoms with E-state index in [1.807, 2.05) is 84.9 Å². The van der Waals surface area contributed by atoms with Gasteiger partial charge in [-0.15, -0.1) is 0 Å². The van der Waals surface area contributed by atoms with Crippen LogP contribution in [0.4, 0.5) is 0 Å². The number of furan rings is 1. The second kappa shape index (κ2) is 9.12. The van der Waals surface area contributed by atoms with E-state index in [9.17, 15) is 0 Å². The molecule has 1 fully saturated rings. The molecular weight excluding hydrogens is 497 g/mol. The van der Waals surface area contributed by atoms with E-state index >= 15 is 0 Å². The van der Waals surface area contributed by atoms with Crippen molar-refractivity contribution in [3.8, 4) is 34.2 Å². The lowest BCUT2D eigenvalue weighted by Gasteiger charge is -2.32. The van der Waals surface area contributed by atoms with Gasteiger partial charge in [-0.2, -0.15) is 0 Å². The zero-order chi connectivity index (χ0) is 27.5. The van der Waals surface area contributed by atoms with E-state index in [0.717, 1.165) is 44.1 Å². The fourth-order valence-electron chi connectivity index (χ4n) is 5.10. The standard InChI is InChI=1S/C33H28BN3O3/c1-32(2)33(3,4)40-34(39-32)23-19-25(28-24-17-11-12-18-26(24)38-27(28)20-23)31-36-29(21-13-7-5-8-14-21)35-30(37-31)22-15-9-6-10-16-22/h5-20H,1-4H3. The van der Waals surface area contributed by atoms with Crippen molar-refractivity contribution < 1.29 is 13.7 Å². The highest BCUT2D eigenvalue weighted by molar-refractivity contribution is 6.62. The summed E-state index contributed by atoms with van der Waals surface area (Å²) in [4.78, 5) is 14.9. The molecule has 1 aliphatic heterocycles.